The van der Waals surface area contributed by atoms with Crippen molar-refractivity contribution < 1.29 is 24.1 Å². The van der Waals surface area contributed by atoms with Gasteiger partial charge in [-0.2, -0.15) is 0 Å². The van der Waals surface area contributed by atoms with E-state index in [0.29, 0.717) is 32.7 Å². The van der Waals surface area contributed by atoms with Crippen LogP contribution in [0.15, 0.2) is 72.8 Å². The number of hydrogen-bond acceptors (Lipinski definition) is 5. The van der Waals surface area contributed by atoms with E-state index in [1.54, 1.807) is 0 Å². The molecule has 2 atom stereocenters. The number of carbonyl (C=O) groups excluding carboxylic acids is 1. The minimum Gasteiger partial charge on any atom is -0.448 e. The van der Waals surface area contributed by atoms with Gasteiger partial charge in [-0.3, -0.25) is 0 Å². The number of rotatable bonds is 4. The van der Waals surface area contributed by atoms with Gasteiger partial charge in [0, 0.05) is 36.4 Å². The van der Waals surface area contributed by atoms with Crippen molar-refractivity contribution in [3.8, 4) is 11.1 Å². The number of amides is 1. The van der Waals surface area contributed by atoms with Crippen LogP contribution in [-0.2, 0) is 19.8 Å². The molecule has 2 unspecified atom stereocenters. The third-order valence-corrected chi connectivity index (χ3v) is 8.89. The van der Waals surface area contributed by atoms with Crippen molar-refractivity contribution >= 4 is 6.09 Å². The summed E-state index contributed by atoms with van der Waals surface area (Å²) in [7, 11) is 0. The first-order valence-electron chi connectivity index (χ1n) is 13.8. The van der Waals surface area contributed by atoms with E-state index in [-0.39, 0.29) is 24.1 Å². The Morgan fingerprint density at radius 2 is 1.39 bits per heavy atom. The lowest BCUT2D eigenvalue weighted by molar-refractivity contribution is -0.0947. The highest BCUT2D eigenvalue weighted by atomic mass is 16.7. The second-order valence-electron chi connectivity index (χ2n) is 11.1. The Kier molecular flexibility index (Phi) is 5.99. The molecule has 3 aromatic carbocycles. The first kappa shape index (κ1) is 23.9. The second-order valence-corrected chi connectivity index (χ2v) is 11.1. The Balaban J connectivity index is 1.11. The van der Waals surface area contributed by atoms with Crippen molar-refractivity contribution in [2.24, 2.45) is 0 Å². The van der Waals surface area contributed by atoms with Crippen LogP contribution in [0, 0.1) is 0 Å². The zero-order valence-electron chi connectivity index (χ0n) is 21.4. The van der Waals surface area contributed by atoms with Gasteiger partial charge >= 0.3 is 6.09 Å². The van der Waals surface area contributed by atoms with E-state index >= 15 is 0 Å². The summed E-state index contributed by atoms with van der Waals surface area (Å²) >= 11 is 0. The van der Waals surface area contributed by atoms with E-state index < -0.39 is 11.9 Å². The molecule has 1 amide bonds. The molecule has 6 nitrogen and oxygen atoms in total. The lowest BCUT2D eigenvalue weighted by Crippen LogP contribution is -2.59. The highest BCUT2D eigenvalue weighted by Crippen LogP contribution is 2.48. The molecule has 4 aliphatic rings. The lowest BCUT2D eigenvalue weighted by atomic mass is 9.71. The molecule has 0 saturated carbocycles. The number of benzene rings is 3. The van der Waals surface area contributed by atoms with Crippen LogP contribution in [-0.4, -0.2) is 48.0 Å². The molecule has 3 saturated heterocycles. The number of aliphatic hydroxyl groups is 1. The van der Waals surface area contributed by atoms with Gasteiger partial charge in [0.25, 0.3) is 0 Å². The highest BCUT2D eigenvalue weighted by molar-refractivity contribution is 5.79. The largest absolute Gasteiger partial charge is 0.448 e. The van der Waals surface area contributed by atoms with Crippen molar-refractivity contribution in [2.75, 3.05) is 19.8 Å². The molecule has 6 heteroatoms. The average molecular weight is 512 g/mol. The summed E-state index contributed by atoms with van der Waals surface area (Å²) in [6, 6.07) is 24.5. The van der Waals surface area contributed by atoms with E-state index in [4.69, 9.17) is 14.2 Å². The molecule has 2 bridgehead atoms. The van der Waals surface area contributed by atoms with Crippen LogP contribution in [0.2, 0.25) is 0 Å². The van der Waals surface area contributed by atoms with Crippen molar-refractivity contribution in [2.45, 2.75) is 62.0 Å². The number of piperidine rings is 2. The summed E-state index contributed by atoms with van der Waals surface area (Å²) in [5.74, 6) is 0.0335. The van der Waals surface area contributed by atoms with Crippen LogP contribution < -0.4 is 0 Å². The predicted molar refractivity (Wildman–Crippen MR) is 143 cm³/mol. The second kappa shape index (κ2) is 9.53. The maximum absolute atomic E-state index is 13.6. The number of carbonyl (C=O) groups is 1. The fraction of sp³-hybridized carbons (Fsp3) is 0.406. The summed E-state index contributed by atoms with van der Waals surface area (Å²) in [6.45, 7) is 1.42. The first-order chi connectivity index (χ1) is 18.6. The summed E-state index contributed by atoms with van der Waals surface area (Å²) in [5.41, 5.74) is 5.57. The SMILES string of the molecule is O=C(OCC1c2ccccc2-c2ccccc21)N1C2CCCC1CC(O)(c1ccccc1C1OCCO1)C2. The molecule has 0 aromatic heterocycles. The first-order valence-corrected chi connectivity index (χ1v) is 13.8. The molecule has 0 radical (unpaired) electrons. The topological polar surface area (TPSA) is 68.2 Å². The molecule has 3 aromatic rings. The fourth-order valence-corrected chi connectivity index (χ4v) is 7.28. The van der Waals surface area contributed by atoms with E-state index in [1.165, 1.54) is 22.3 Å². The van der Waals surface area contributed by atoms with Crippen molar-refractivity contribution in [3.63, 3.8) is 0 Å². The lowest BCUT2D eigenvalue weighted by Gasteiger charge is -2.51. The Hall–Kier alpha value is -3.19. The maximum Gasteiger partial charge on any atom is 0.410 e. The Morgan fingerprint density at radius 1 is 0.842 bits per heavy atom. The standard InChI is InChI=1S/C32H33NO5/c34-31(38-20-28-25-12-3-1-10-23(25)24-11-2-4-13-26(24)28)33-21-8-7-9-22(33)19-32(35,18-21)29-15-6-5-14-27(29)30-36-16-17-37-30/h1-6,10-15,21-22,28,30,35H,7-9,16-20H2. The molecule has 3 heterocycles. The molecule has 196 valence electrons. The summed E-state index contributed by atoms with van der Waals surface area (Å²) in [4.78, 5) is 15.5. The van der Waals surface area contributed by atoms with Gasteiger partial charge < -0.3 is 24.2 Å². The summed E-state index contributed by atoms with van der Waals surface area (Å²) in [6.07, 6.45) is 3.03. The molecular formula is C32H33NO5. The van der Waals surface area contributed by atoms with Crippen molar-refractivity contribution in [1.29, 1.82) is 0 Å². The molecule has 7 rings (SSSR count). The predicted octanol–water partition coefficient (Wildman–Crippen LogP) is 5.89. The van der Waals surface area contributed by atoms with Crippen molar-refractivity contribution in [1.82, 2.24) is 4.90 Å². The van der Waals surface area contributed by atoms with Crippen LogP contribution >= 0.6 is 0 Å². The fourth-order valence-electron chi connectivity index (χ4n) is 7.28. The van der Waals surface area contributed by atoms with Crippen molar-refractivity contribution in [3.05, 3.63) is 95.1 Å². The van der Waals surface area contributed by atoms with Crippen LogP contribution in [0.1, 0.15) is 66.6 Å². The van der Waals surface area contributed by atoms with Crippen LogP contribution in [0.5, 0.6) is 0 Å². The van der Waals surface area contributed by atoms with Gasteiger partial charge in [0.05, 0.1) is 18.8 Å². The third-order valence-electron chi connectivity index (χ3n) is 8.89. The van der Waals surface area contributed by atoms with Gasteiger partial charge in [-0.15, -0.1) is 0 Å². The molecule has 38 heavy (non-hydrogen) atoms. The van der Waals surface area contributed by atoms with Gasteiger partial charge in [-0.25, -0.2) is 4.79 Å². The third kappa shape index (κ3) is 3.94. The maximum atomic E-state index is 13.6. The van der Waals surface area contributed by atoms with Gasteiger partial charge in [0.15, 0.2) is 6.29 Å². The van der Waals surface area contributed by atoms with Gasteiger partial charge in [0.2, 0.25) is 0 Å². The number of hydrogen-bond donors (Lipinski definition) is 1. The Morgan fingerprint density at radius 3 is 2.03 bits per heavy atom. The molecule has 3 aliphatic heterocycles. The van der Waals surface area contributed by atoms with Gasteiger partial charge in [-0.05, 0) is 47.1 Å². The number of nitrogens with zero attached hydrogens (tertiary/aromatic N) is 1. The van der Waals surface area contributed by atoms with Crippen LogP contribution in [0.3, 0.4) is 0 Å². The average Bonchev–Trinajstić information content (AvgIpc) is 3.58. The molecule has 0 spiro atoms. The van der Waals surface area contributed by atoms with E-state index in [1.807, 2.05) is 29.2 Å². The normalized spacial score (nSPS) is 26.7. The van der Waals surface area contributed by atoms with E-state index in [2.05, 4.69) is 48.5 Å². The Labute approximate surface area is 223 Å². The minimum absolute atomic E-state index is 0.0335. The molecule has 1 aliphatic carbocycles. The zero-order valence-corrected chi connectivity index (χ0v) is 21.4. The molecule has 3 fully saturated rings. The smallest absolute Gasteiger partial charge is 0.410 e. The zero-order chi connectivity index (χ0) is 25.7. The van der Waals surface area contributed by atoms with Gasteiger partial charge in [0.1, 0.15) is 6.61 Å². The van der Waals surface area contributed by atoms with Crippen LogP contribution in [0.4, 0.5) is 4.79 Å². The van der Waals surface area contributed by atoms with Crippen LogP contribution in [0.25, 0.3) is 11.1 Å². The number of ether oxygens (including phenoxy) is 3. The quantitative estimate of drug-likeness (QED) is 0.473. The summed E-state index contributed by atoms with van der Waals surface area (Å²) in [5, 5.41) is 12.0. The van der Waals surface area contributed by atoms with E-state index in [0.717, 1.165) is 30.4 Å². The molecule has 1 N–H and O–H groups in total. The molecular weight excluding hydrogens is 478 g/mol. The van der Waals surface area contributed by atoms with E-state index in [9.17, 15) is 9.90 Å². The number of fused-ring (bicyclic) bond motifs is 5. The highest BCUT2D eigenvalue weighted by Gasteiger charge is 2.50. The monoisotopic (exact) mass is 511 g/mol. The van der Waals surface area contributed by atoms with Gasteiger partial charge in [-0.1, -0.05) is 72.8 Å². The Bertz CT molecular complexity index is 1290. The summed E-state index contributed by atoms with van der Waals surface area (Å²) < 4.78 is 17.6. The minimum atomic E-state index is -1.04.